The van der Waals surface area contributed by atoms with Crippen molar-refractivity contribution >= 4 is 32.8 Å². The van der Waals surface area contributed by atoms with Crippen molar-refractivity contribution in [1.82, 2.24) is 18.7 Å². The molecule has 7 heteroatoms. The molecule has 280 valence electrons. The number of rotatable bonds is 4. The first-order chi connectivity index (χ1) is 28.5. The van der Waals surface area contributed by atoms with Crippen LogP contribution in [-0.4, -0.2) is 18.7 Å². The van der Waals surface area contributed by atoms with Crippen molar-refractivity contribution in [1.29, 1.82) is 0 Å². The molecule has 0 amide bonds. The molecule has 12 rings (SSSR count). The topological polar surface area (TPSA) is 46.1 Å². The number of nitrogens with zero attached hydrogens (tertiary/aromatic N) is 4. The van der Waals surface area contributed by atoms with Crippen LogP contribution in [0, 0.1) is 22.9 Å². The van der Waals surface area contributed by atoms with Crippen molar-refractivity contribution in [2.75, 3.05) is 0 Å². The summed E-state index contributed by atoms with van der Waals surface area (Å²) in [6.45, 7) is 2.11. The minimum atomic E-state index is -0.592. The minimum absolute atomic E-state index is 0.592. The first-order valence-electron chi connectivity index (χ1n) is 19.3. The fourth-order valence-corrected chi connectivity index (χ4v) is 10.3. The van der Waals surface area contributed by atoms with Gasteiger partial charge in [-0.25, -0.2) is 0 Å². The number of aryl methyl sites for hydroxylation is 2. The van der Waals surface area contributed by atoms with E-state index in [1.165, 1.54) is 22.3 Å². The molecule has 0 fully saturated rings. The van der Waals surface area contributed by atoms with Crippen LogP contribution in [0.3, 0.4) is 0 Å². The summed E-state index contributed by atoms with van der Waals surface area (Å²) >= 11 is 2.37. The van der Waals surface area contributed by atoms with E-state index in [-0.39, 0.29) is 0 Å². The van der Waals surface area contributed by atoms with E-state index >= 15 is 0 Å². The van der Waals surface area contributed by atoms with Gasteiger partial charge < -0.3 is 4.74 Å². The third-order valence-electron chi connectivity index (χ3n) is 11.9. The Bertz CT molecular complexity index is 3380. The predicted octanol–water partition coefficient (Wildman–Crippen LogP) is 11.7. The molecule has 6 nitrogen and oxygen atoms in total. The molecule has 3 aromatic heterocycles. The van der Waals surface area contributed by atoms with Crippen LogP contribution >= 0.6 is 0 Å². The molecule has 2 aliphatic rings. The standard InChI is InChI=1S/C51H32N4O2.Pt/c1-32-24-25-52-50(26-32)55-46-28-35(56-34-13-11-12-33(27-34)54-31-53(2)44-18-7-8-19-45(44)54)22-23-37(46)39-29-38-36-14-3-4-15-40(36)51(43(38)30-47(39)55)41-16-5-9-20-48(41)57-49-21-10-6-17-42(49)51;/h3-26,29-30H,1-2H3;/q-2;. The van der Waals surface area contributed by atoms with Crippen molar-refractivity contribution in [2.24, 2.45) is 7.05 Å². The van der Waals surface area contributed by atoms with Crippen molar-refractivity contribution in [3.8, 4) is 45.6 Å². The van der Waals surface area contributed by atoms with Crippen LogP contribution in [0.25, 0.3) is 55.5 Å². The van der Waals surface area contributed by atoms with Crippen LogP contribution in [0.4, 0.5) is 0 Å². The minimum Gasteiger partial charge on any atom is -0.457 e. The van der Waals surface area contributed by atoms with Crippen LogP contribution in [0.15, 0.2) is 158 Å². The monoisotopic (exact) mass is 927 g/mol. The van der Waals surface area contributed by atoms with Gasteiger partial charge in [0, 0.05) is 17.3 Å². The Balaban J connectivity index is 1.09. The van der Waals surface area contributed by atoms with Gasteiger partial charge in [0.25, 0.3) is 0 Å². The van der Waals surface area contributed by atoms with E-state index in [1.54, 1.807) is 0 Å². The van der Waals surface area contributed by atoms with Gasteiger partial charge in [-0.05, 0) is 52.9 Å². The van der Waals surface area contributed by atoms with Gasteiger partial charge in [-0.2, -0.15) is 0 Å². The number of pyridine rings is 1. The zero-order chi connectivity index (χ0) is 38.7. The second-order valence-electron chi connectivity index (χ2n) is 15.0. The third-order valence-corrected chi connectivity index (χ3v) is 13.1. The van der Waals surface area contributed by atoms with Crippen molar-refractivity contribution in [3.05, 3.63) is 202 Å². The maximum atomic E-state index is 6.63. The normalized spacial score (nSPS) is 13.4. The van der Waals surface area contributed by atoms with E-state index in [2.05, 4.69) is 187 Å². The Labute approximate surface area is 345 Å². The molecule has 0 saturated heterocycles. The van der Waals surface area contributed by atoms with Gasteiger partial charge in [-0.1, -0.05) is 60.7 Å². The van der Waals surface area contributed by atoms with Gasteiger partial charge in [-0.3, -0.25) is 0 Å². The Kier molecular flexibility index (Phi) is 7.12. The Hall–Kier alpha value is -6.75. The molecule has 1 aliphatic heterocycles. The first kappa shape index (κ1) is 33.4. The summed E-state index contributed by atoms with van der Waals surface area (Å²) in [5.74, 6) is 3.76. The Morgan fingerprint density at radius 3 is 2.10 bits per heavy atom. The quantitative estimate of drug-likeness (QED) is 0.165. The predicted molar refractivity (Wildman–Crippen MR) is 224 cm³/mol. The molecule has 0 unspecified atom stereocenters. The SMILES string of the molecule is Cc1ccnc(-n2c3[c-]c(Oc4[c-]c(-n5[c](=[Pt])n(C)c6ccccc65)ccc4)ccc3c3cc4c(cc32)C2(c3ccccc3Oc3ccccc32)c2ccccc2-4)c1. The van der Waals surface area contributed by atoms with Gasteiger partial charge in [0.05, 0.1) is 5.41 Å². The number of imidazole rings is 1. The Morgan fingerprint density at radius 1 is 0.603 bits per heavy atom. The van der Waals surface area contributed by atoms with Crippen LogP contribution in [0.5, 0.6) is 23.0 Å². The smallest absolute Gasteiger partial charge is 0.457 e. The van der Waals surface area contributed by atoms with Crippen LogP contribution in [0.1, 0.15) is 27.8 Å². The second kappa shape index (κ2) is 12.4. The van der Waals surface area contributed by atoms with Crippen LogP contribution < -0.4 is 9.47 Å². The van der Waals surface area contributed by atoms with Gasteiger partial charge in [0.15, 0.2) is 0 Å². The molecule has 4 heterocycles. The fourth-order valence-electron chi connectivity index (χ4n) is 9.44. The number of para-hydroxylation sites is 4. The first-order valence-corrected chi connectivity index (χ1v) is 20.4. The van der Waals surface area contributed by atoms with E-state index < -0.39 is 5.41 Å². The summed E-state index contributed by atoms with van der Waals surface area (Å²) in [5.41, 5.74) is 12.8. The van der Waals surface area contributed by atoms with Crippen LogP contribution in [-0.2, 0) is 31.8 Å². The van der Waals surface area contributed by atoms with E-state index in [9.17, 15) is 0 Å². The second-order valence-corrected chi connectivity index (χ2v) is 16.1. The summed E-state index contributed by atoms with van der Waals surface area (Å²) in [7, 11) is 2.09. The van der Waals surface area contributed by atoms with Crippen molar-refractivity contribution < 1.29 is 28.8 Å². The summed E-state index contributed by atoms with van der Waals surface area (Å²) in [6.07, 6.45) is 1.88. The third kappa shape index (κ3) is 4.58. The molecule has 0 radical (unpaired) electrons. The number of fused-ring (bicyclic) bond motifs is 13. The molecule has 0 N–H and O–H groups in total. The molecule has 0 atom stereocenters. The average molecular weight is 928 g/mol. The number of aromatic nitrogens is 4. The fraction of sp³-hybridized carbons (Fsp3) is 0.0588. The van der Waals surface area contributed by atoms with Crippen molar-refractivity contribution in [3.63, 3.8) is 0 Å². The zero-order valence-electron chi connectivity index (χ0n) is 31.4. The number of hydrogen-bond donors (Lipinski definition) is 0. The van der Waals surface area contributed by atoms with Gasteiger partial charge in [0.2, 0.25) is 0 Å². The zero-order valence-corrected chi connectivity index (χ0v) is 33.7. The average Bonchev–Trinajstić information content (AvgIpc) is 3.82. The molecule has 1 aliphatic carbocycles. The van der Waals surface area contributed by atoms with E-state index in [1.807, 2.05) is 30.5 Å². The molecule has 10 aromatic rings. The summed E-state index contributed by atoms with van der Waals surface area (Å²) in [5, 5.41) is 2.19. The summed E-state index contributed by atoms with van der Waals surface area (Å²) in [4.78, 5) is 4.96. The molecular formula is C51H32N4O2Pt-2. The summed E-state index contributed by atoms with van der Waals surface area (Å²) in [6, 6.07) is 60.6. The van der Waals surface area contributed by atoms with E-state index in [0.717, 1.165) is 76.3 Å². The molecule has 58 heavy (non-hydrogen) atoms. The molecular weight excluding hydrogens is 896 g/mol. The van der Waals surface area contributed by atoms with Gasteiger partial charge in [0.1, 0.15) is 11.5 Å². The molecule has 0 bridgehead atoms. The summed E-state index contributed by atoms with van der Waals surface area (Å²) < 4.78 is 21.0. The van der Waals surface area contributed by atoms with Gasteiger partial charge >= 0.3 is 194 Å². The van der Waals surface area contributed by atoms with E-state index in [0.29, 0.717) is 11.5 Å². The van der Waals surface area contributed by atoms with Crippen molar-refractivity contribution in [2.45, 2.75) is 12.3 Å². The number of benzene rings is 7. The number of hydrogen-bond acceptors (Lipinski definition) is 3. The number of ether oxygens (including phenoxy) is 2. The molecule has 0 saturated carbocycles. The van der Waals surface area contributed by atoms with E-state index in [4.69, 9.17) is 14.5 Å². The maximum absolute atomic E-state index is 6.63. The molecule has 7 aromatic carbocycles. The van der Waals surface area contributed by atoms with Crippen LogP contribution in [0.2, 0.25) is 0 Å². The Morgan fingerprint density at radius 2 is 1.31 bits per heavy atom. The van der Waals surface area contributed by atoms with Gasteiger partial charge in [-0.15, -0.1) is 0 Å². The molecule has 1 spiro atoms.